The minimum atomic E-state index is -1.31. The summed E-state index contributed by atoms with van der Waals surface area (Å²) in [5.74, 6) is -6.32. The number of carbonyl (C=O) groups is 8. The maximum Gasteiger partial charge on any atom is 0.375 e. The summed E-state index contributed by atoms with van der Waals surface area (Å²) in [6.07, 6.45) is 2.11. The molecule has 0 saturated carbocycles. The summed E-state index contributed by atoms with van der Waals surface area (Å²) < 4.78 is 27.2. The van der Waals surface area contributed by atoms with Crippen molar-refractivity contribution in [2.75, 3.05) is 35.0 Å². The van der Waals surface area contributed by atoms with Crippen LogP contribution in [0, 0.1) is 11.8 Å². The Labute approximate surface area is 278 Å². The first kappa shape index (κ1) is 48.8. The van der Waals surface area contributed by atoms with Gasteiger partial charge in [-0.25, -0.2) is 19.2 Å². The molecule has 0 aliphatic heterocycles. The second kappa shape index (κ2) is 29.6. The highest BCUT2D eigenvalue weighted by Crippen LogP contribution is 2.15. The lowest BCUT2D eigenvalue weighted by atomic mass is 10.0. The third-order valence-electron chi connectivity index (χ3n) is 5.07. The normalized spacial score (nSPS) is 11.9. The molecule has 0 heterocycles. The molecule has 0 aromatic rings. The number of aliphatic carboxylic acids is 1. The number of Topliss-reactive ketones (excluding diaryl/α,β-unsaturated/α-hetero) is 1. The average Bonchev–Trinajstić information content (AvgIpc) is 3.03. The number of ketones is 1. The van der Waals surface area contributed by atoms with E-state index in [9.17, 15) is 38.4 Å². The van der Waals surface area contributed by atoms with Crippen LogP contribution in [0.3, 0.4) is 0 Å². The number of alkyl halides is 1. The van der Waals surface area contributed by atoms with Gasteiger partial charge >= 0.3 is 41.8 Å². The Kier molecular flexibility index (Phi) is 31.4. The topological polar surface area (TPSA) is 212 Å². The molecule has 0 bridgehead atoms. The minimum absolute atomic E-state index is 0.113. The molecule has 16 heteroatoms. The Morgan fingerprint density at radius 2 is 1.20 bits per heavy atom. The zero-order valence-corrected chi connectivity index (χ0v) is 29.5. The van der Waals surface area contributed by atoms with Gasteiger partial charge in [0.15, 0.2) is 6.10 Å². The molecule has 4 unspecified atom stereocenters. The molecule has 46 heavy (non-hydrogen) atoms. The zero-order valence-electron chi connectivity index (χ0n) is 27.9. The van der Waals surface area contributed by atoms with Gasteiger partial charge in [0.2, 0.25) is 5.78 Å². The van der Waals surface area contributed by atoms with Crippen LogP contribution in [0.4, 0.5) is 0 Å². The molecule has 0 spiro atoms. The molecule has 264 valence electrons. The molecule has 15 nitrogen and oxygen atoms in total. The first-order valence-electron chi connectivity index (χ1n) is 13.7. The molecule has 0 radical (unpaired) electrons. The highest BCUT2D eigenvalue weighted by molar-refractivity contribution is 9.10. The van der Waals surface area contributed by atoms with E-state index in [0.29, 0.717) is 13.0 Å². The largest absolute Gasteiger partial charge is 0.478 e. The van der Waals surface area contributed by atoms with E-state index >= 15 is 0 Å². The van der Waals surface area contributed by atoms with Crippen molar-refractivity contribution in [3.63, 3.8) is 0 Å². The van der Waals surface area contributed by atoms with Crippen molar-refractivity contribution in [1.82, 2.24) is 0 Å². The van der Waals surface area contributed by atoms with Crippen molar-refractivity contribution in [3.8, 4) is 0 Å². The van der Waals surface area contributed by atoms with Crippen LogP contribution in [-0.2, 0) is 66.8 Å². The number of hydrogen-bond donors (Lipinski definition) is 1. The Bertz CT molecular complexity index is 990. The summed E-state index contributed by atoms with van der Waals surface area (Å²) in [6.45, 7) is 14.6. The predicted molar refractivity (Wildman–Crippen MR) is 167 cm³/mol. The van der Waals surface area contributed by atoms with E-state index in [-0.39, 0.29) is 35.8 Å². The standard InChI is InChI=1S/C11H16O7.C8H13BrO4.C7H12O2.C4H6O2/c1-6(9(13)16-3)5-8(11(15)17-4)18-10(14)7(2)12;1-5(7(10)12-2)4-6(9)8(11)13-3;1-3-5-6-9-7(8)4-2;1-3(2)4(5)6/h6,8H,5H2,1-4H3;5-6H,4H2,1-3H3;4H,2-3,5-6H2,1H3;1H2,2H3,(H,5,6). The fraction of sp³-hybridized carbons (Fsp3) is 0.600. The molecule has 0 aliphatic rings. The first-order chi connectivity index (χ1) is 21.3. The van der Waals surface area contributed by atoms with Crippen LogP contribution in [0.15, 0.2) is 24.8 Å². The fourth-order valence-electron chi connectivity index (χ4n) is 2.36. The number of carboxylic acid groups (broad SMARTS) is 1. The van der Waals surface area contributed by atoms with Gasteiger partial charge in [-0.15, -0.1) is 0 Å². The van der Waals surface area contributed by atoms with Crippen LogP contribution in [0.5, 0.6) is 0 Å². The number of carbonyl (C=O) groups excluding carboxylic acids is 7. The van der Waals surface area contributed by atoms with Crippen LogP contribution >= 0.6 is 15.9 Å². The van der Waals surface area contributed by atoms with Gasteiger partial charge in [-0.2, -0.15) is 0 Å². The zero-order chi connectivity index (χ0) is 37.0. The summed E-state index contributed by atoms with van der Waals surface area (Å²) in [4.78, 5) is 85.8. The number of ether oxygens (including phenoxy) is 6. The molecule has 0 amide bonds. The maximum atomic E-state index is 11.4. The lowest BCUT2D eigenvalue weighted by Gasteiger charge is -2.17. The Morgan fingerprint density at radius 3 is 1.52 bits per heavy atom. The number of rotatable bonds is 15. The number of esters is 6. The number of halogens is 1. The van der Waals surface area contributed by atoms with E-state index in [1.54, 1.807) is 6.92 Å². The first-order valence-corrected chi connectivity index (χ1v) is 14.6. The molecule has 1 N–H and O–H groups in total. The molecule has 0 fully saturated rings. The monoisotopic (exact) mass is 726 g/mol. The van der Waals surface area contributed by atoms with E-state index in [2.05, 4.69) is 57.5 Å². The molecular weight excluding hydrogens is 680 g/mol. The molecule has 0 aromatic carbocycles. The van der Waals surface area contributed by atoms with Crippen molar-refractivity contribution < 1.29 is 71.9 Å². The van der Waals surface area contributed by atoms with E-state index in [4.69, 9.17) is 5.11 Å². The average molecular weight is 728 g/mol. The van der Waals surface area contributed by atoms with E-state index in [1.807, 2.05) is 6.92 Å². The third-order valence-corrected chi connectivity index (χ3v) is 5.81. The number of unbranched alkanes of at least 4 members (excludes halogenated alkanes) is 1. The summed E-state index contributed by atoms with van der Waals surface area (Å²) >= 11 is 3.12. The Balaban J connectivity index is -0.000000276. The summed E-state index contributed by atoms with van der Waals surface area (Å²) in [5.41, 5.74) is 0.176. The summed E-state index contributed by atoms with van der Waals surface area (Å²) in [6, 6.07) is 0. The summed E-state index contributed by atoms with van der Waals surface area (Å²) in [5, 5.41) is 7.89. The van der Waals surface area contributed by atoms with Gasteiger partial charge < -0.3 is 33.5 Å². The second-order valence-electron chi connectivity index (χ2n) is 9.09. The van der Waals surface area contributed by atoms with Crippen molar-refractivity contribution in [1.29, 1.82) is 0 Å². The van der Waals surface area contributed by atoms with Gasteiger partial charge in [0, 0.05) is 25.0 Å². The lowest BCUT2D eigenvalue weighted by Crippen LogP contribution is -2.33. The van der Waals surface area contributed by atoms with Gasteiger partial charge in [-0.3, -0.25) is 19.2 Å². The smallest absolute Gasteiger partial charge is 0.375 e. The number of carboxylic acids is 1. The minimum Gasteiger partial charge on any atom is -0.478 e. The molecule has 0 aromatic heterocycles. The Morgan fingerprint density at radius 1 is 0.783 bits per heavy atom. The molecule has 0 aliphatic carbocycles. The molecule has 4 atom stereocenters. The van der Waals surface area contributed by atoms with Crippen molar-refractivity contribution in [3.05, 3.63) is 24.8 Å². The van der Waals surface area contributed by atoms with Gasteiger partial charge in [-0.1, -0.05) is 56.3 Å². The highest BCUT2D eigenvalue weighted by atomic mass is 79.9. The van der Waals surface area contributed by atoms with Gasteiger partial charge in [0.25, 0.3) is 0 Å². The van der Waals surface area contributed by atoms with E-state index in [1.165, 1.54) is 41.3 Å². The van der Waals surface area contributed by atoms with Crippen molar-refractivity contribution >= 4 is 63.5 Å². The number of methoxy groups -OCH3 is 4. The van der Waals surface area contributed by atoms with Gasteiger partial charge in [-0.05, 0) is 19.8 Å². The predicted octanol–water partition coefficient (Wildman–Crippen LogP) is 3.14. The fourth-order valence-corrected chi connectivity index (χ4v) is 3.11. The van der Waals surface area contributed by atoms with Crippen LogP contribution in [0.1, 0.15) is 60.3 Å². The summed E-state index contributed by atoms with van der Waals surface area (Å²) in [7, 11) is 4.94. The van der Waals surface area contributed by atoms with Crippen LogP contribution in [0.2, 0.25) is 0 Å². The van der Waals surface area contributed by atoms with E-state index in [0.717, 1.165) is 26.9 Å². The lowest BCUT2D eigenvalue weighted by molar-refractivity contribution is -0.170. The maximum absolute atomic E-state index is 11.4. The quantitative estimate of drug-likeness (QED) is 0.0641. The van der Waals surface area contributed by atoms with Crippen LogP contribution in [0.25, 0.3) is 0 Å². The van der Waals surface area contributed by atoms with Crippen molar-refractivity contribution in [2.24, 2.45) is 11.8 Å². The highest BCUT2D eigenvalue weighted by Gasteiger charge is 2.30. The molecule has 0 rings (SSSR count). The van der Waals surface area contributed by atoms with E-state index < -0.39 is 46.5 Å². The van der Waals surface area contributed by atoms with Crippen molar-refractivity contribution in [2.45, 2.75) is 71.2 Å². The SMILES string of the molecule is C=C(C)C(=O)O.C=CC(=O)OCCCC.COC(=O)C(C)CC(Br)C(=O)OC.COC(=O)C(C)CC(OC(=O)C(C)=O)C(=O)OC. The van der Waals surface area contributed by atoms with Gasteiger partial charge in [0.05, 0.1) is 46.9 Å². The Hall–Kier alpha value is -4.08. The van der Waals surface area contributed by atoms with Gasteiger partial charge in [0.1, 0.15) is 4.83 Å². The molecule has 0 saturated heterocycles. The van der Waals surface area contributed by atoms with Crippen LogP contribution < -0.4 is 0 Å². The number of hydrogen-bond acceptors (Lipinski definition) is 14. The van der Waals surface area contributed by atoms with Crippen LogP contribution in [-0.4, -0.2) is 98.7 Å². The second-order valence-corrected chi connectivity index (χ2v) is 10.2. The third kappa shape index (κ3) is 27.5. The molecular formula is C30H47BrO15.